The average Bonchev–Trinajstić information content (AvgIpc) is 2.43. The lowest BCUT2D eigenvalue weighted by molar-refractivity contribution is -0.126. The van der Waals surface area contributed by atoms with Gasteiger partial charge in [0.05, 0.1) is 5.92 Å². The first kappa shape index (κ1) is 8.69. The Hall–Kier alpha value is -0.900. The predicted molar refractivity (Wildman–Crippen MR) is 46.9 cm³/mol. The molecule has 2 aliphatic rings. The number of imide groups is 1. The quantitative estimate of drug-likeness (QED) is 0.568. The molecular formula is C9H14N2O2. The summed E-state index contributed by atoms with van der Waals surface area (Å²) < 4.78 is 0. The molecule has 13 heavy (non-hydrogen) atoms. The van der Waals surface area contributed by atoms with Gasteiger partial charge in [-0.3, -0.25) is 19.8 Å². The standard InChI is InChI=1S/C9H14N2O2/c1-2-11-5-3-4-6-7(11)9(13)10-8(6)12/h6-7H,2-5H2,1H3,(H,10,12,13). The van der Waals surface area contributed by atoms with Gasteiger partial charge in [-0.15, -0.1) is 0 Å². The summed E-state index contributed by atoms with van der Waals surface area (Å²) in [7, 11) is 0. The van der Waals surface area contributed by atoms with Crippen LogP contribution in [0.1, 0.15) is 19.8 Å². The SMILES string of the molecule is CCN1CCCC2C(=O)NC(=O)C21. The Morgan fingerprint density at radius 2 is 2.23 bits per heavy atom. The molecule has 0 aromatic carbocycles. The minimum Gasteiger partial charge on any atom is -0.295 e. The first-order chi connectivity index (χ1) is 6.24. The van der Waals surface area contributed by atoms with Crippen LogP contribution in [0.25, 0.3) is 0 Å². The zero-order valence-corrected chi connectivity index (χ0v) is 7.75. The molecule has 0 saturated carbocycles. The van der Waals surface area contributed by atoms with Crippen LogP contribution in [0, 0.1) is 5.92 Å². The zero-order valence-electron chi connectivity index (χ0n) is 7.75. The summed E-state index contributed by atoms with van der Waals surface area (Å²) >= 11 is 0. The number of likely N-dealkylation sites (N-methyl/N-ethyl adjacent to an activating group) is 1. The number of carbonyl (C=O) groups excluding carboxylic acids is 2. The van der Waals surface area contributed by atoms with E-state index < -0.39 is 0 Å². The second-order valence-electron chi connectivity index (χ2n) is 3.68. The lowest BCUT2D eigenvalue weighted by Gasteiger charge is -2.33. The summed E-state index contributed by atoms with van der Waals surface area (Å²) in [5.41, 5.74) is 0. The molecular weight excluding hydrogens is 168 g/mol. The third kappa shape index (κ3) is 1.25. The highest BCUT2D eigenvalue weighted by Crippen LogP contribution is 2.27. The average molecular weight is 182 g/mol. The Balaban J connectivity index is 2.21. The van der Waals surface area contributed by atoms with Crippen LogP contribution in [-0.4, -0.2) is 35.8 Å². The van der Waals surface area contributed by atoms with Gasteiger partial charge in [-0.25, -0.2) is 0 Å². The van der Waals surface area contributed by atoms with E-state index >= 15 is 0 Å². The fraction of sp³-hybridized carbons (Fsp3) is 0.778. The fourth-order valence-corrected chi connectivity index (χ4v) is 2.33. The smallest absolute Gasteiger partial charge is 0.244 e. The number of nitrogens with one attached hydrogen (secondary N) is 1. The number of hydrogen-bond acceptors (Lipinski definition) is 3. The fourth-order valence-electron chi connectivity index (χ4n) is 2.33. The molecule has 2 atom stereocenters. The Kier molecular flexibility index (Phi) is 2.07. The predicted octanol–water partition coefficient (Wildman–Crippen LogP) is -0.257. The van der Waals surface area contributed by atoms with Gasteiger partial charge in [-0.1, -0.05) is 6.92 Å². The highest BCUT2D eigenvalue weighted by atomic mass is 16.2. The number of carbonyl (C=O) groups is 2. The molecule has 0 bridgehead atoms. The Morgan fingerprint density at radius 3 is 2.92 bits per heavy atom. The second kappa shape index (κ2) is 3.10. The summed E-state index contributed by atoms with van der Waals surface area (Å²) in [6.45, 7) is 3.82. The van der Waals surface area contributed by atoms with Gasteiger partial charge in [0.25, 0.3) is 0 Å². The molecule has 2 aliphatic heterocycles. The molecule has 4 heteroatoms. The summed E-state index contributed by atoms with van der Waals surface area (Å²) in [5, 5.41) is 2.40. The van der Waals surface area contributed by atoms with Gasteiger partial charge in [0.1, 0.15) is 6.04 Å². The highest BCUT2D eigenvalue weighted by molar-refractivity contribution is 6.07. The van der Waals surface area contributed by atoms with E-state index in [1.54, 1.807) is 0 Å². The minimum absolute atomic E-state index is 0.0758. The number of rotatable bonds is 1. The molecule has 0 spiro atoms. The molecule has 0 aliphatic carbocycles. The van der Waals surface area contributed by atoms with Crippen molar-refractivity contribution in [3.05, 3.63) is 0 Å². The largest absolute Gasteiger partial charge is 0.295 e. The van der Waals surface area contributed by atoms with Gasteiger partial charge in [0.2, 0.25) is 11.8 Å². The maximum Gasteiger partial charge on any atom is 0.244 e. The van der Waals surface area contributed by atoms with Crippen LogP contribution < -0.4 is 5.32 Å². The Bertz CT molecular complexity index is 252. The van der Waals surface area contributed by atoms with E-state index in [-0.39, 0.29) is 23.8 Å². The molecule has 2 heterocycles. The van der Waals surface area contributed by atoms with Gasteiger partial charge < -0.3 is 0 Å². The van der Waals surface area contributed by atoms with E-state index in [2.05, 4.69) is 10.2 Å². The van der Waals surface area contributed by atoms with Crippen molar-refractivity contribution in [2.24, 2.45) is 5.92 Å². The lowest BCUT2D eigenvalue weighted by Crippen LogP contribution is -2.47. The van der Waals surface area contributed by atoms with Crippen molar-refractivity contribution < 1.29 is 9.59 Å². The van der Waals surface area contributed by atoms with E-state index in [0.29, 0.717) is 0 Å². The highest BCUT2D eigenvalue weighted by Gasteiger charge is 2.46. The Morgan fingerprint density at radius 1 is 1.46 bits per heavy atom. The molecule has 1 N–H and O–H groups in total. The van der Waals surface area contributed by atoms with Crippen molar-refractivity contribution in [1.82, 2.24) is 10.2 Å². The molecule has 2 saturated heterocycles. The van der Waals surface area contributed by atoms with Crippen LogP contribution in [0.15, 0.2) is 0 Å². The molecule has 0 aromatic rings. The number of piperidine rings is 1. The first-order valence-electron chi connectivity index (χ1n) is 4.82. The maximum atomic E-state index is 11.4. The summed E-state index contributed by atoms with van der Waals surface area (Å²) in [6, 6.07) is -0.175. The van der Waals surface area contributed by atoms with Crippen molar-refractivity contribution in [2.45, 2.75) is 25.8 Å². The molecule has 2 unspecified atom stereocenters. The topological polar surface area (TPSA) is 49.4 Å². The first-order valence-corrected chi connectivity index (χ1v) is 4.82. The van der Waals surface area contributed by atoms with Crippen molar-refractivity contribution in [1.29, 1.82) is 0 Å². The van der Waals surface area contributed by atoms with Crippen LogP contribution >= 0.6 is 0 Å². The van der Waals surface area contributed by atoms with Crippen molar-refractivity contribution in [3.8, 4) is 0 Å². The lowest BCUT2D eigenvalue weighted by atomic mass is 9.91. The Labute approximate surface area is 77.3 Å². The van der Waals surface area contributed by atoms with E-state index in [4.69, 9.17) is 0 Å². The number of hydrogen-bond donors (Lipinski definition) is 1. The summed E-state index contributed by atoms with van der Waals surface area (Å²) in [4.78, 5) is 24.8. The van der Waals surface area contributed by atoms with Crippen LogP contribution in [0.4, 0.5) is 0 Å². The third-order valence-corrected chi connectivity index (χ3v) is 2.99. The number of likely N-dealkylation sites (tertiary alicyclic amines) is 1. The van der Waals surface area contributed by atoms with E-state index in [1.807, 2.05) is 6.92 Å². The van der Waals surface area contributed by atoms with Crippen LogP contribution in [0.5, 0.6) is 0 Å². The van der Waals surface area contributed by atoms with Crippen molar-refractivity contribution >= 4 is 11.8 Å². The molecule has 2 amide bonds. The second-order valence-corrected chi connectivity index (χ2v) is 3.68. The van der Waals surface area contributed by atoms with E-state index in [0.717, 1.165) is 25.9 Å². The third-order valence-electron chi connectivity index (χ3n) is 2.99. The molecule has 0 radical (unpaired) electrons. The van der Waals surface area contributed by atoms with Gasteiger partial charge in [0.15, 0.2) is 0 Å². The number of fused-ring (bicyclic) bond motifs is 1. The summed E-state index contributed by atoms with van der Waals surface area (Å²) in [6.07, 6.45) is 1.88. The minimum atomic E-state index is -0.175. The van der Waals surface area contributed by atoms with Crippen LogP contribution in [0.3, 0.4) is 0 Å². The van der Waals surface area contributed by atoms with Crippen molar-refractivity contribution in [2.75, 3.05) is 13.1 Å². The van der Waals surface area contributed by atoms with Gasteiger partial charge in [-0.05, 0) is 25.9 Å². The van der Waals surface area contributed by atoms with Crippen molar-refractivity contribution in [3.63, 3.8) is 0 Å². The number of nitrogens with zero attached hydrogens (tertiary/aromatic N) is 1. The van der Waals surface area contributed by atoms with E-state index in [1.165, 1.54) is 0 Å². The van der Waals surface area contributed by atoms with E-state index in [9.17, 15) is 9.59 Å². The number of amides is 2. The molecule has 2 rings (SSSR count). The van der Waals surface area contributed by atoms with Gasteiger partial charge >= 0.3 is 0 Å². The summed E-state index contributed by atoms with van der Waals surface area (Å²) in [5.74, 6) is -0.258. The maximum absolute atomic E-state index is 11.4. The monoisotopic (exact) mass is 182 g/mol. The van der Waals surface area contributed by atoms with Gasteiger partial charge in [-0.2, -0.15) is 0 Å². The molecule has 4 nitrogen and oxygen atoms in total. The van der Waals surface area contributed by atoms with Gasteiger partial charge in [0, 0.05) is 0 Å². The van der Waals surface area contributed by atoms with Crippen LogP contribution in [-0.2, 0) is 9.59 Å². The normalized spacial score (nSPS) is 34.5. The van der Waals surface area contributed by atoms with Crippen LogP contribution in [0.2, 0.25) is 0 Å². The molecule has 2 fully saturated rings. The molecule has 72 valence electrons. The zero-order chi connectivity index (χ0) is 9.42. The molecule has 0 aromatic heterocycles.